The van der Waals surface area contributed by atoms with Crippen molar-refractivity contribution in [2.45, 2.75) is 19.0 Å². The topological polar surface area (TPSA) is 80.2 Å². The molecule has 3 heterocycles. The second-order valence-electron chi connectivity index (χ2n) is 7.52. The zero-order valence-electron chi connectivity index (χ0n) is 17.7. The van der Waals surface area contributed by atoms with Gasteiger partial charge >= 0.3 is 12.2 Å². The number of anilines is 1. The minimum Gasteiger partial charge on any atom is -0.439 e. The van der Waals surface area contributed by atoms with Gasteiger partial charge < -0.3 is 9.64 Å². The molecule has 0 bridgehead atoms. The SMILES string of the molecule is O=C(Nc1ccc(Cl)nn1)N1CCC(=Cc2cccc(Oc3ccc(C(F)(F)F)cn3)c2)CC1. The lowest BCUT2D eigenvalue weighted by Crippen LogP contribution is -2.39. The third kappa shape index (κ3) is 6.22. The van der Waals surface area contributed by atoms with Crippen LogP contribution >= 0.6 is 11.6 Å². The van der Waals surface area contributed by atoms with Crippen LogP contribution in [0.4, 0.5) is 23.8 Å². The van der Waals surface area contributed by atoms with Crippen LogP contribution in [-0.4, -0.2) is 39.2 Å². The molecule has 0 radical (unpaired) electrons. The predicted molar refractivity (Wildman–Crippen MR) is 121 cm³/mol. The highest BCUT2D eigenvalue weighted by Gasteiger charge is 2.30. The van der Waals surface area contributed by atoms with Crippen molar-refractivity contribution in [1.82, 2.24) is 20.1 Å². The van der Waals surface area contributed by atoms with Gasteiger partial charge in [-0.3, -0.25) is 5.32 Å². The first-order chi connectivity index (χ1) is 16.3. The number of hydrogen-bond donors (Lipinski definition) is 1. The fraction of sp³-hybridized carbons (Fsp3) is 0.217. The summed E-state index contributed by atoms with van der Waals surface area (Å²) in [6, 6.07) is 12.2. The molecule has 11 heteroatoms. The number of amides is 2. The van der Waals surface area contributed by atoms with E-state index in [1.165, 1.54) is 11.6 Å². The molecule has 4 rings (SSSR count). The van der Waals surface area contributed by atoms with E-state index in [1.54, 1.807) is 35.2 Å². The number of halogens is 4. The number of benzene rings is 1. The number of urea groups is 1. The minimum atomic E-state index is -4.45. The standard InChI is InChI=1S/C23H19ClF3N5O2/c24-19-5-6-20(31-30-19)29-22(33)32-10-8-15(9-11-32)12-16-2-1-3-18(13-16)34-21-7-4-17(14-28-21)23(25,26)27/h1-7,12-14H,8-11H2,(H,29,31,33). The number of ether oxygens (including phenoxy) is 1. The quantitative estimate of drug-likeness (QED) is 0.482. The first-order valence-electron chi connectivity index (χ1n) is 10.3. The number of carbonyl (C=O) groups excluding carboxylic acids is 1. The molecule has 0 saturated carbocycles. The number of aromatic nitrogens is 3. The average molecular weight is 490 g/mol. The van der Waals surface area contributed by atoms with E-state index in [9.17, 15) is 18.0 Å². The summed E-state index contributed by atoms with van der Waals surface area (Å²) in [4.78, 5) is 17.8. The highest BCUT2D eigenvalue weighted by atomic mass is 35.5. The number of pyridine rings is 1. The number of piperidine rings is 1. The van der Waals surface area contributed by atoms with Crippen molar-refractivity contribution in [2.75, 3.05) is 18.4 Å². The lowest BCUT2D eigenvalue weighted by molar-refractivity contribution is -0.137. The summed E-state index contributed by atoms with van der Waals surface area (Å²) >= 11 is 5.70. The Morgan fingerprint density at radius 1 is 1.09 bits per heavy atom. The summed E-state index contributed by atoms with van der Waals surface area (Å²) in [5, 5.41) is 10.5. The van der Waals surface area contributed by atoms with E-state index in [-0.39, 0.29) is 17.1 Å². The van der Waals surface area contributed by atoms with Gasteiger partial charge in [0, 0.05) is 25.4 Å². The monoisotopic (exact) mass is 489 g/mol. The molecule has 1 N–H and O–H groups in total. The van der Waals surface area contributed by atoms with Crippen LogP contribution < -0.4 is 10.1 Å². The van der Waals surface area contributed by atoms with Gasteiger partial charge in [0.1, 0.15) is 5.75 Å². The van der Waals surface area contributed by atoms with E-state index in [0.717, 1.165) is 17.8 Å². The Balaban J connectivity index is 1.34. The Morgan fingerprint density at radius 3 is 2.53 bits per heavy atom. The lowest BCUT2D eigenvalue weighted by Gasteiger charge is -2.28. The molecule has 176 valence electrons. The summed E-state index contributed by atoms with van der Waals surface area (Å²) in [7, 11) is 0. The third-order valence-electron chi connectivity index (χ3n) is 5.07. The summed E-state index contributed by atoms with van der Waals surface area (Å²) in [5.41, 5.74) is 1.22. The smallest absolute Gasteiger partial charge is 0.417 e. The molecule has 34 heavy (non-hydrogen) atoms. The molecule has 1 aliphatic heterocycles. The second-order valence-corrected chi connectivity index (χ2v) is 7.91. The van der Waals surface area contributed by atoms with Crippen molar-refractivity contribution in [3.05, 3.63) is 76.6 Å². The molecular formula is C23H19ClF3N5O2. The molecule has 1 saturated heterocycles. The minimum absolute atomic E-state index is 0.0718. The largest absolute Gasteiger partial charge is 0.439 e. The van der Waals surface area contributed by atoms with E-state index in [0.29, 0.717) is 37.5 Å². The van der Waals surface area contributed by atoms with Gasteiger partial charge in [0.2, 0.25) is 5.88 Å². The van der Waals surface area contributed by atoms with Gasteiger partial charge in [0.15, 0.2) is 11.0 Å². The summed E-state index contributed by atoms with van der Waals surface area (Å²) < 4.78 is 43.6. The van der Waals surface area contributed by atoms with Crippen LogP contribution in [0, 0.1) is 0 Å². The number of nitrogens with one attached hydrogen (secondary N) is 1. The molecule has 2 aromatic heterocycles. The van der Waals surface area contributed by atoms with Gasteiger partial charge in [-0.2, -0.15) is 13.2 Å². The number of hydrogen-bond acceptors (Lipinski definition) is 5. The third-order valence-corrected chi connectivity index (χ3v) is 5.28. The fourth-order valence-corrected chi connectivity index (χ4v) is 3.45. The molecule has 0 spiro atoms. The molecule has 0 atom stereocenters. The Morgan fingerprint density at radius 2 is 1.88 bits per heavy atom. The van der Waals surface area contributed by atoms with Crippen molar-refractivity contribution in [1.29, 1.82) is 0 Å². The number of rotatable bonds is 4. The maximum absolute atomic E-state index is 12.7. The van der Waals surface area contributed by atoms with Crippen molar-refractivity contribution in [3.63, 3.8) is 0 Å². The highest BCUT2D eigenvalue weighted by molar-refractivity contribution is 6.29. The first kappa shape index (κ1) is 23.5. The molecule has 1 fully saturated rings. The average Bonchev–Trinajstić information content (AvgIpc) is 2.81. The zero-order chi connectivity index (χ0) is 24.1. The molecule has 2 amide bonds. The van der Waals surface area contributed by atoms with E-state index in [4.69, 9.17) is 16.3 Å². The van der Waals surface area contributed by atoms with Crippen molar-refractivity contribution in [3.8, 4) is 11.6 Å². The maximum Gasteiger partial charge on any atom is 0.417 e. The first-order valence-corrected chi connectivity index (χ1v) is 10.7. The van der Waals surface area contributed by atoms with Crippen LogP contribution in [0.25, 0.3) is 6.08 Å². The Labute approximate surface area is 198 Å². The van der Waals surface area contributed by atoms with E-state index in [2.05, 4.69) is 20.5 Å². The van der Waals surface area contributed by atoms with Gasteiger partial charge in [-0.25, -0.2) is 9.78 Å². The van der Waals surface area contributed by atoms with E-state index >= 15 is 0 Å². The van der Waals surface area contributed by atoms with Crippen LogP contribution in [-0.2, 0) is 6.18 Å². The van der Waals surface area contributed by atoms with Gasteiger partial charge in [-0.15, -0.1) is 10.2 Å². The van der Waals surface area contributed by atoms with Gasteiger partial charge in [0.05, 0.1) is 5.56 Å². The maximum atomic E-state index is 12.7. The van der Waals surface area contributed by atoms with Crippen LogP contribution in [0.3, 0.4) is 0 Å². The molecule has 0 aliphatic carbocycles. The van der Waals surface area contributed by atoms with Crippen LogP contribution in [0.1, 0.15) is 24.0 Å². The van der Waals surface area contributed by atoms with Gasteiger partial charge in [-0.1, -0.05) is 35.4 Å². The molecule has 3 aromatic rings. The van der Waals surface area contributed by atoms with E-state index < -0.39 is 11.7 Å². The van der Waals surface area contributed by atoms with E-state index in [1.807, 2.05) is 12.1 Å². The Kier molecular flexibility index (Phi) is 6.97. The molecule has 1 aromatic carbocycles. The van der Waals surface area contributed by atoms with Crippen molar-refractivity contribution < 1.29 is 22.7 Å². The predicted octanol–water partition coefficient (Wildman–Crippen LogP) is 6.05. The van der Waals surface area contributed by atoms with Gasteiger partial charge in [-0.05, 0) is 48.7 Å². The molecule has 0 unspecified atom stereocenters. The van der Waals surface area contributed by atoms with Crippen LogP contribution in [0.15, 0.2) is 60.3 Å². The molecular weight excluding hydrogens is 471 g/mol. The number of likely N-dealkylation sites (tertiary alicyclic amines) is 1. The summed E-state index contributed by atoms with van der Waals surface area (Å²) in [6.07, 6.45) is -0.286. The number of nitrogens with zero attached hydrogens (tertiary/aromatic N) is 4. The highest BCUT2D eigenvalue weighted by Crippen LogP contribution is 2.30. The van der Waals surface area contributed by atoms with Crippen LogP contribution in [0.5, 0.6) is 11.6 Å². The number of carbonyl (C=O) groups is 1. The number of alkyl halides is 3. The lowest BCUT2D eigenvalue weighted by atomic mass is 10.0. The molecule has 7 nitrogen and oxygen atoms in total. The summed E-state index contributed by atoms with van der Waals surface area (Å²) in [5.74, 6) is 0.861. The van der Waals surface area contributed by atoms with Crippen molar-refractivity contribution >= 4 is 29.5 Å². The second kappa shape index (κ2) is 10.1. The van der Waals surface area contributed by atoms with Gasteiger partial charge in [0.25, 0.3) is 0 Å². The fourth-order valence-electron chi connectivity index (χ4n) is 3.35. The Hall–Kier alpha value is -3.66. The summed E-state index contributed by atoms with van der Waals surface area (Å²) in [6.45, 7) is 1.09. The zero-order valence-corrected chi connectivity index (χ0v) is 18.5. The molecule has 1 aliphatic rings. The van der Waals surface area contributed by atoms with Crippen molar-refractivity contribution in [2.24, 2.45) is 0 Å². The normalized spacial score (nSPS) is 14.0. The van der Waals surface area contributed by atoms with Crippen LogP contribution in [0.2, 0.25) is 5.15 Å². The Bertz CT molecular complexity index is 1170.